The Bertz CT molecular complexity index is 1640. The van der Waals surface area contributed by atoms with Gasteiger partial charge in [-0.05, 0) is 50.6 Å². The summed E-state index contributed by atoms with van der Waals surface area (Å²) in [6.07, 6.45) is 1.71. The van der Waals surface area contributed by atoms with Gasteiger partial charge in [-0.15, -0.1) is 0 Å². The molecule has 7 nitrogen and oxygen atoms in total. The van der Waals surface area contributed by atoms with Crippen LogP contribution in [0, 0.1) is 6.92 Å². The van der Waals surface area contributed by atoms with Gasteiger partial charge < -0.3 is 13.9 Å². The maximum absolute atomic E-state index is 13.8. The van der Waals surface area contributed by atoms with Gasteiger partial charge in [0.25, 0.3) is 5.56 Å². The van der Waals surface area contributed by atoms with Crippen LogP contribution in [0.2, 0.25) is 0 Å². The zero-order chi connectivity index (χ0) is 25.9. The van der Waals surface area contributed by atoms with E-state index in [0.29, 0.717) is 38.7 Å². The summed E-state index contributed by atoms with van der Waals surface area (Å²) >= 11 is 1.26. The molecule has 2 aromatic carbocycles. The molecule has 0 aliphatic carbocycles. The monoisotopic (exact) mass is 514 g/mol. The molecule has 0 bridgehead atoms. The maximum Gasteiger partial charge on any atom is 0.338 e. The minimum atomic E-state index is -0.735. The van der Waals surface area contributed by atoms with Gasteiger partial charge in [0.15, 0.2) is 4.80 Å². The van der Waals surface area contributed by atoms with E-state index in [9.17, 15) is 9.59 Å². The molecular formula is C29H26N2O5S. The van der Waals surface area contributed by atoms with Gasteiger partial charge in [-0.25, -0.2) is 9.79 Å². The smallest absolute Gasteiger partial charge is 0.338 e. The molecule has 2 aromatic heterocycles. The molecule has 8 heteroatoms. The topological polar surface area (TPSA) is 83.0 Å². The normalized spacial score (nSPS) is 15.3. The van der Waals surface area contributed by atoms with Crippen molar-refractivity contribution in [2.45, 2.75) is 26.8 Å². The number of furan rings is 1. The second-order valence-corrected chi connectivity index (χ2v) is 9.39. The van der Waals surface area contributed by atoms with Crippen molar-refractivity contribution >= 4 is 29.1 Å². The van der Waals surface area contributed by atoms with Crippen LogP contribution in [0.15, 0.2) is 86.5 Å². The zero-order valence-corrected chi connectivity index (χ0v) is 21.6. The number of aryl methyl sites for hydroxylation is 1. The molecule has 3 heterocycles. The lowest BCUT2D eigenvalue weighted by Gasteiger charge is -2.26. The van der Waals surface area contributed by atoms with E-state index >= 15 is 0 Å². The lowest BCUT2D eigenvalue weighted by atomic mass is 9.93. The lowest BCUT2D eigenvalue weighted by Crippen LogP contribution is -2.40. The molecule has 0 amide bonds. The Hall–Kier alpha value is -4.17. The molecule has 1 aliphatic rings. The first kappa shape index (κ1) is 24.5. The first-order chi connectivity index (χ1) is 18.0. The zero-order valence-electron chi connectivity index (χ0n) is 20.8. The maximum atomic E-state index is 13.8. The Morgan fingerprint density at radius 1 is 1.05 bits per heavy atom. The molecule has 0 spiro atoms. The van der Waals surface area contributed by atoms with E-state index in [2.05, 4.69) is 0 Å². The summed E-state index contributed by atoms with van der Waals surface area (Å²) in [5.74, 6) is 1.52. The summed E-state index contributed by atoms with van der Waals surface area (Å²) in [4.78, 5) is 32.6. The largest absolute Gasteiger partial charge is 0.494 e. The number of carbonyl (C=O) groups excluding carboxylic acids is 1. The Labute approximate surface area is 217 Å². The molecule has 0 saturated heterocycles. The van der Waals surface area contributed by atoms with Gasteiger partial charge in [-0.2, -0.15) is 0 Å². The average molecular weight is 515 g/mol. The second kappa shape index (κ2) is 10.4. The Morgan fingerprint density at radius 3 is 2.46 bits per heavy atom. The molecular weight excluding hydrogens is 488 g/mol. The summed E-state index contributed by atoms with van der Waals surface area (Å²) < 4.78 is 18.8. The average Bonchev–Trinajstić information content (AvgIpc) is 3.46. The minimum Gasteiger partial charge on any atom is -0.494 e. The molecule has 5 rings (SSSR count). The van der Waals surface area contributed by atoms with E-state index in [4.69, 9.17) is 18.9 Å². The number of fused-ring (bicyclic) bond motifs is 1. The summed E-state index contributed by atoms with van der Waals surface area (Å²) in [6.45, 7) is 6.26. The molecule has 1 aliphatic heterocycles. The van der Waals surface area contributed by atoms with E-state index in [1.54, 1.807) is 17.6 Å². The number of aromatic nitrogens is 1. The minimum absolute atomic E-state index is 0.197. The number of hydrogen-bond donors (Lipinski definition) is 0. The van der Waals surface area contributed by atoms with Gasteiger partial charge in [-0.1, -0.05) is 53.8 Å². The van der Waals surface area contributed by atoms with Crippen molar-refractivity contribution in [3.63, 3.8) is 0 Å². The van der Waals surface area contributed by atoms with Gasteiger partial charge in [0.1, 0.15) is 17.3 Å². The first-order valence-electron chi connectivity index (χ1n) is 12.1. The molecule has 0 N–H and O–H groups in total. The van der Waals surface area contributed by atoms with Crippen LogP contribution < -0.4 is 19.6 Å². The molecule has 0 unspecified atom stereocenters. The van der Waals surface area contributed by atoms with Gasteiger partial charge in [0.05, 0.1) is 35.1 Å². The van der Waals surface area contributed by atoms with Gasteiger partial charge >= 0.3 is 5.97 Å². The summed E-state index contributed by atoms with van der Waals surface area (Å²) in [5, 5.41) is 0. The molecule has 0 saturated carbocycles. The van der Waals surface area contributed by atoms with Crippen molar-refractivity contribution in [1.82, 2.24) is 4.57 Å². The third-order valence-corrected chi connectivity index (χ3v) is 6.90. The molecule has 188 valence electrons. The van der Waals surface area contributed by atoms with Crippen molar-refractivity contribution in [3.8, 4) is 5.75 Å². The fourth-order valence-corrected chi connectivity index (χ4v) is 5.31. The van der Waals surface area contributed by atoms with E-state index in [0.717, 1.165) is 16.9 Å². The standard InChI is InChI=1S/C29H26N2O5S/c1-4-34-21-15-12-20(13-16-21)26-24(28(33)35-5-2)25(19-9-7-6-8-10-19)30-29-31(26)27(32)23(37-29)17-22-14-11-18(3)36-22/h6-17,26H,4-5H2,1-3H3/b23-17-/t26-/m0/s1. The van der Waals surface area contributed by atoms with E-state index in [1.165, 1.54) is 11.3 Å². The van der Waals surface area contributed by atoms with Crippen LogP contribution in [0.25, 0.3) is 11.8 Å². The molecule has 4 aromatic rings. The highest BCUT2D eigenvalue weighted by Crippen LogP contribution is 2.35. The third kappa shape index (κ3) is 4.80. The van der Waals surface area contributed by atoms with Crippen LogP contribution in [-0.2, 0) is 9.53 Å². The number of benzene rings is 2. The fraction of sp³-hybridized carbons (Fsp3) is 0.207. The molecule has 37 heavy (non-hydrogen) atoms. The van der Waals surface area contributed by atoms with Crippen molar-refractivity contribution in [2.24, 2.45) is 4.99 Å². The number of hydrogen-bond acceptors (Lipinski definition) is 7. The number of thiazole rings is 1. The van der Waals surface area contributed by atoms with Gasteiger partial charge in [0.2, 0.25) is 0 Å². The molecule has 1 atom stereocenters. The second-order valence-electron chi connectivity index (χ2n) is 8.38. The molecule has 0 fully saturated rings. The Morgan fingerprint density at radius 2 is 1.81 bits per heavy atom. The lowest BCUT2D eigenvalue weighted by molar-refractivity contribution is -0.138. The predicted molar refractivity (Wildman–Crippen MR) is 142 cm³/mol. The number of ether oxygens (including phenoxy) is 2. The van der Waals surface area contributed by atoms with Gasteiger partial charge in [0, 0.05) is 11.6 Å². The van der Waals surface area contributed by atoms with Gasteiger partial charge in [-0.3, -0.25) is 9.36 Å². The van der Waals surface area contributed by atoms with E-state index in [1.807, 2.05) is 80.6 Å². The quantitative estimate of drug-likeness (QED) is 0.345. The summed E-state index contributed by atoms with van der Waals surface area (Å²) in [5.41, 5.74) is 2.05. The van der Waals surface area contributed by atoms with Crippen LogP contribution >= 0.6 is 11.3 Å². The van der Waals surface area contributed by atoms with Crippen molar-refractivity contribution in [1.29, 1.82) is 0 Å². The first-order valence-corrected chi connectivity index (χ1v) is 12.9. The van der Waals surface area contributed by atoms with Crippen molar-refractivity contribution in [3.05, 3.63) is 115 Å². The fourth-order valence-electron chi connectivity index (χ4n) is 4.33. The van der Waals surface area contributed by atoms with Crippen LogP contribution in [0.4, 0.5) is 0 Å². The van der Waals surface area contributed by atoms with E-state index in [-0.39, 0.29) is 12.2 Å². The molecule has 0 radical (unpaired) electrons. The highest BCUT2D eigenvalue weighted by molar-refractivity contribution is 7.07. The van der Waals surface area contributed by atoms with Crippen LogP contribution in [0.3, 0.4) is 0 Å². The Balaban J connectivity index is 1.80. The number of carbonyl (C=O) groups is 1. The predicted octanol–water partition coefficient (Wildman–Crippen LogP) is 4.24. The van der Waals surface area contributed by atoms with Crippen LogP contribution in [0.5, 0.6) is 5.75 Å². The highest BCUT2D eigenvalue weighted by Gasteiger charge is 2.35. The summed E-state index contributed by atoms with van der Waals surface area (Å²) in [7, 11) is 0. The number of nitrogens with zero attached hydrogens (tertiary/aromatic N) is 2. The highest BCUT2D eigenvalue weighted by atomic mass is 32.1. The number of rotatable bonds is 7. The van der Waals surface area contributed by atoms with Crippen LogP contribution in [0.1, 0.15) is 42.5 Å². The van der Waals surface area contributed by atoms with Crippen molar-refractivity contribution < 1.29 is 18.7 Å². The SMILES string of the molecule is CCOC(=O)C1=C(c2ccccc2)N=c2s/c(=C\c3ccc(C)o3)c(=O)n2[C@H]1c1ccc(OCC)cc1. The van der Waals surface area contributed by atoms with Crippen molar-refractivity contribution in [2.75, 3.05) is 13.2 Å². The third-order valence-electron chi connectivity index (χ3n) is 5.92. The Kier molecular flexibility index (Phi) is 6.92. The van der Waals surface area contributed by atoms with E-state index < -0.39 is 12.0 Å². The van der Waals surface area contributed by atoms with Crippen LogP contribution in [-0.4, -0.2) is 23.8 Å². The number of esters is 1. The summed E-state index contributed by atoms with van der Waals surface area (Å²) in [6, 6.07) is 19.8.